The van der Waals surface area contributed by atoms with Gasteiger partial charge in [0.1, 0.15) is 23.7 Å². The molecule has 1 spiro atoms. The summed E-state index contributed by atoms with van der Waals surface area (Å²) in [6.07, 6.45) is 2.00. The summed E-state index contributed by atoms with van der Waals surface area (Å²) in [5.41, 5.74) is -1.61. The second-order valence-electron chi connectivity index (χ2n) is 6.43. The van der Waals surface area contributed by atoms with Gasteiger partial charge in [0.15, 0.2) is 17.3 Å². The highest BCUT2D eigenvalue weighted by molar-refractivity contribution is 6.04. The summed E-state index contributed by atoms with van der Waals surface area (Å²) in [5, 5.41) is 41.0. The second kappa shape index (κ2) is 4.52. The summed E-state index contributed by atoms with van der Waals surface area (Å²) in [6.45, 7) is -0.172. The Morgan fingerprint density at radius 1 is 1.25 bits per heavy atom. The SMILES string of the molecule is CO[C@@H]1[C@@]2(O)COC3=C(O)C(=O)C=C[C@]31c1cc(O)c(O)cc1C2. The molecule has 0 aromatic heterocycles. The molecule has 126 valence electrons. The van der Waals surface area contributed by atoms with Gasteiger partial charge in [0.05, 0.1) is 0 Å². The van der Waals surface area contributed by atoms with Gasteiger partial charge in [-0.2, -0.15) is 0 Å². The Hall–Kier alpha value is -2.51. The first-order valence-corrected chi connectivity index (χ1v) is 7.44. The maximum atomic E-state index is 11.8. The van der Waals surface area contributed by atoms with E-state index in [1.807, 2.05) is 0 Å². The average molecular weight is 332 g/mol. The monoisotopic (exact) mass is 332 g/mol. The number of aliphatic hydroxyl groups is 2. The van der Waals surface area contributed by atoms with Crippen LogP contribution in [0.5, 0.6) is 11.5 Å². The topological polar surface area (TPSA) is 116 Å². The lowest BCUT2D eigenvalue weighted by Gasteiger charge is -2.55. The van der Waals surface area contributed by atoms with E-state index >= 15 is 0 Å². The molecule has 3 aliphatic rings. The molecule has 1 aliphatic heterocycles. The zero-order valence-corrected chi connectivity index (χ0v) is 12.8. The van der Waals surface area contributed by atoms with E-state index in [1.54, 1.807) is 0 Å². The van der Waals surface area contributed by atoms with Gasteiger partial charge < -0.3 is 29.9 Å². The van der Waals surface area contributed by atoms with Crippen molar-refractivity contribution in [3.8, 4) is 11.5 Å². The van der Waals surface area contributed by atoms with E-state index in [1.165, 1.54) is 31.4 Å². The molecule has 1 saturated heterocycles. The van der Waals surface area contributed by atoms with Crippen molar-refractivity contribution in [3.05, 3.63) is 46.9 Å². The number of hydrogen-bond acceptors (Lipinski definition) is 7. The van der Waals surface area contributed by atoms with Gasteiger partial charge in [-0.1, -0.05) is 6.08 Å². The lowest BCUT2D eigenvalue weighted by atomic mass is 9.58. The molecular weight excluding hydrogens is 316 g/mol. The van der Waals surface area contributed by atoms with Crippen molar-refractivity contribution in [2.24, 2.45) is 0 Å². The summed E-state index contributed by atoms with van der Waals surface area (Å²) in [6, 6.07) is 2.71. The van der Waals surface area contributed by atoms with Gasteiger partial charge in [0.25, 0.3) is 0 Å². The summed E-state index contributed by atoms with van der Waals surface area (Å²) >= 11 is 0. The third-order valence-electron chi connectivity index (χ3n) is 5.07. The number of carbonyl (C=O) groups excluding carboxylic acids is 1. The Kier molecular flexibility index (Phi) is 2.83. The van der Waals surface area contributed by atoms with E-state index in [9.17, 15) is 25.2 Å². The molecule has 24 heavy (non-hydrogen) atoms. The molecule has 3 atom stereocenters. The predicted octanol–water partition coefficient (Wildman–Crippen LogP) is 0.577. The van der Waals surface area contributed by atoms with Crippen LogP contribution in [0.2, 0.25) is 0 Å². The number of allylic oxidation sites excluding steroid dienone is 1. The Bertz CT molecular complexity index is 824. The van der Waals surface area contributed by atoms with Gasteiger partial charge in [-0.15, -0.1) is 0 Å². The molecule has 7 heteroatoms. The average Bonchev–Trinajstić information content (AvgIpc) is 2.53. The molecule has 0 unspecified atom stereocenters. The second-order valence-corrected chi connectivity index (χ2v) is 6.43. The number of benzene rings is 1. The van der Waals surface area contributed by atoms with Crippen molar-refractivity contribution in [2.75, 3.05) is 13.7 Å². The molecule has 1 fully saturated rings. The number of phenolic OH excluding ortho intramolecular Hbond substituents is 2. The van der Waals surface area contributed by atoms with E-state index in [4.69, 9.17) is 9.47 Å². The highest BCUT2D eigenvalue weighted by Crippen LogP contribution is 2.55. The summed E-state index contributed by atoms with van der Waals surface area (Å²) < 4.78 is 11.1. The zero-order chi connectivity index (χ0) is 17.3. The molecular formula is C17H16O7. The minimum Gasteiger partial charge on any atom is -0.504 e. The van der Waals surface area contributed by atoms with Gasteiger partial charge in [0, 0.05) is 13.5 Å². The van der Waals surface area contributed by atoms with Crippen LogP contribution in [0.15, 0.2) is 35.8 Å². The summed E-state index contributed by atoms with van der Waals surface area (Å²) in [4.78, 5) is 11.8. The van der Waals surface area contributed by atoms with Crippen LogP contribution in [0.4, 0.5) is 0 Å². The number of ketones is 1. The van der Waals surface area contributed by atoms with Crippen LogP contribution in [-0.4, -0.2) is 51.6 Å². The number of hydrogen-bond donors (Lipinski definition) is 4. The smallest absolute Gasteiger partial charge is 0.223 e. The minimum atomic E-state index is -1.42. The lowest BCUT2D eigenvalue weighted by Crippen LogP contribution is -2.66. The van der Waals surface area contributed by atoms with Crippen molar-refractivity contribution < 1.29 is 34.7 Å². The van der Waals surface area contributed by atoms with Crippen molar-refractivity contribution in [3.63, 3.8) is 0 Å². The molecule has 1 aromatic carbocycles. The maximum Gasteiger partial charge on any atom is 0.223 e. The fourth-order valence-electron chi connectivity index (χ4n) is 4.14. The van der Waals surface area contributed by atoms with Crippen LogP contribution in [-0.2, 0) is 26.1 Å². The van der Waals surface area contributed by atoms with E-state index in [-0.39, 0.29) is 30.3 Å². The molecule has 2 aliphatic carbocycles. The first-order chi connectivity index (χ1) is 11.3. The third kappa shape index (κ3) is 1.60. The van der Waals surface area contributed by atoms with Gasteiger partial charge in [-0.3, -0.25) is 4.79 Å². The first kappa shape index (κ1) is 15.0. The standard InChI is InChI=1S/C17H16O7/c1-23-15-16(22)6-8-4-11(19)12(20)5-9(8)17(15)3-2-10(18)13(21)14(17)24-7-16/h2-5,15,19-22H,6-7H2,1H3/t15-,16+,17+/m1/s1. The predicted molar refractivity (Wildman–Crippen MR) is 80.7 cm³/mol. The molecule has 0 radical (unpaired) electrons. The van der Waals surface area contributed by atoms with Gasteiger partial charge in [0.2, 0.25) is 11.5 Å². The number of fused-ring (bicyclic) bond motifs is 2. The number of carbonyl (C=O) groups is 1. The molecule has 0 amide bonds. The molecule has 0 saturated carbocycles. The van der Waals surface area contributed by atoms with Crippen LogP contribution in [0.3, 0.4) is 0 Å². The number of methoxy groups -OCH3 is 1. The number of aromatic hydroxyl groups is 2. The lowest BCUT2D eigenvalue weighted by molar-refractivity contribution is -0.184. The Morgan fingerprint density at radius 3 is 2.67 bits per heavy atom. The minimum absolute atomic E-state index is 0.0161. The largest absolute Gasteiger partial charge is 0.504 e. The van der Waals surface area contributed by atoms with E-state index in [0.717, 1.165) is 0 Å². The Balaban J connectivity index is 2.10. The normalized spacial score (nSPS) is 33.8. The van der Waals surface area contributed by atoms with Crippen LogP contribution in [0.1, 0.15) is 11.1 Å². The van der Waals surface area contributed by atoms with Crippen molar-refractivity contribution in [2.45, 2.75) is 23.5 Å². The number of aliphatic hydroxyl groups excluding tert-OH is 1. The van der Waals surface area contributed by atoms with E-state index in [2.05, 4.69) is 0 Å². The number of rotatable bonds is 1. The maximum absolute atomic E-state index is 11.8. The number of phenols is 2. The van der Waals surface area contributed by atoms with Crippen molar-refractivity contribution in [1.82, 2.24) is 0 Å². The Labute approximate surface area is 137 Å². The quantitative estimate of drug-likeness (QED) is 0.556. The van der Waals surface area contributed by atoms with Crippen LogP contribution < -0.4 is 0 Å². The first-order valence-electron chi connectivity index (χ1n) is 7.44. The molecule has 4 rings (SSSR count). The van der Waals surface area contributed by atoms with Crippen LogP contribution in [0.25, 0.3) is 0 Å². The molecule has 4 N–H and O–H groups in total. The Morgan fingerprint density at radius 2 is 1.96 bits per heavy atom. The molecule has 2 bridgehead atoms. The highest BCUT2D eigenvalue weighted by Gasteiger charge is 2.63. The molecule has 7 nitrogen and oxygen atoms in total. The van der Waals surface area contributed by atoms with Crippen molar-refractivity contribution >= 4 is 5.78 Å². The number of ether oxygens (including phenoxy) is 2. The molecule has 1 heterocycles. The van der Waals surface area contributed by atoms with Crippen LogP contribution in [0, 0.1) is 0 Å². The van der Waals surface area contributed by atoms with Crippen molar-refractivity contribution in [1.29, 1.82) is 0 Å². The van der Waals surface area contributed by atoms with E-state index < -0.39 is 28.7 Å². The van der Waals surface area contributed by atoms with Gasteiger partial charge in [-0.05, 0) is 29.3 Å². The third-order valence-corrected chi connectivity index (χ3v) is 5.07. The summed E-state index contributed by atoms with van der Waals surface area (Å²) in [7, 11) is 1.42. The fraction of sp³-hybridized carbons (Fsp3) is 0.353. The van der Waals surface area contributed by atoms with Gasteiger partial charge in [-0.25, -0.2) is 0 Å². The fourth-order valence-corrected chi connectivity index (χ4v) is 4.14. The van der Waals surface area contributed by atoms with E-state index in [0.29, 0.717) is 11.1 Å². The van der Waals surface area contributed by atoms with Crippen LogP contribution >= 0.6 is 0 Å². The zero-order valence-electron chi connectivity index (χ0n) is 12.8. The summed E-state index contributed by atoms with van der Waals surface area (Å²) in [5.74, 6) is -1.84. The highest BCUT2D eigenvalue weighted by atomic mass is 16.5. The van der Waals surface area contributed by atoms with Gasteiger partial charge >= 0.3 is 0 Å². The molecule has 1 aromatic rings.